The van der Waals surface area contributed by atoms with E-state index in [4.69, 9.17) is 4.74 Å². The first-order valence-electron chi connectivity index (χ1n) is 6.94. The van der Waals surface area contributed by atoms with Crippen molar-refractivity contribution in [1.29, 1.82) is 0 Å². The fraction of sp³-hybridized carbons (Fsp3) is 0.176. The predicted molar refractivity (Wildman–Crippen MR) is 84.5 cm³/mol. The second-order valence-electron chi connectivity index (χ2n) is 5.12. The molecule has 0 bridgehead atoms. The van der Waals surface area contributed by atoms with E-state index in [9.17, 15) is 9.59 Å². The fourth-order valence-electron chi connectivity index (χ4n) is 2.37. The summed E-state index contributed by atoms with van der Waals surface area (Å²) < 4.78 is 5.37. The molecule has 22 heavy (non-hydrogen) atoms. The fourth-order valence-corrected chi connectivity index (χ4v) is 2.37. The number of rotatable bonds is 2. The molecule has 3 rings (SSSR count). The Morgan fingerprint density at radius 3 is 2.64 bits per heavy atom. The molecule has 0 saturated carbocycles. The van der Waals surface area contributed by atoms with Crippen LogP contribution in [0.2, 0.25) is 0 Å². The van der Waals surface area contributed by atoms with Crippen molar-refractivity contribution in [3.63, 3.8) is 0 Å². The number of likely N-dealkylation sites (N-methyl/N-ethyl adjacent to an activating group) is 1. The van der Waals surface area contributed by atoms with E-state index >= 15 is 0 Å². The maximum absolute atomic E-state index is 12.6. The van der Waals surface area contributed by atoms with Gasteiger partial charge in [-0.25, -0.2) is 0 Å². The third-order valence-electron chi connectivity index (χ3n) is 3.74. The Balaban J connectivity index is 1.92. The van der Waals surface area contributed by atoms with Gasteiger partial charge in [0, 0.05) is 25.3 Å². The Hall–Kier alpha value is -2.82. The molecule has 1 aliphatic rings. The third kappa shape index (κ3) is 2.41. The van der Waals surface area contributed by atoms with Crippen LogP contribution in [0.15, 0.2) is 48.5 Å². The normalized spacial score (nSPS) is 13.4. The van der Waals surface area contributed by atoms with E-state index in [2.05, 4.69) is 0 Å². The van der Waals surface area contributed by atoms with Gasteiger partial charge in [0.15, 0.2) is 6.61 Å². The zero-order valence-electron chi connectivity index (χ0n) is 12.4. The van der Waals surface area contributed by atoms with Crippen LogP contribution in [0.3, 0.4) is 0 Å². The summed E-state index contributed by atoms with van der Waals surface area (Å²) in [5, 5.41) is 0. The average Bonchev–Trinajstić information content (AvgIpc) is 2.57. The van der Waals surface area contributed by atoms with Crippen LogP contribution < -0.4 is 14.5 Å². The van der Waals surface area contributed by atoms with E-state index in [0.717, 1.165) is 5.69 Å². The number of amides is 2. The lowest BCUT2D eigenvalue weighted by Crippen LogP contribution is -2.35. The van der Waals surface area contributed by atoms with Crippen LogP contribution >= 0.6 is 0 Å². The molecule has 112 valence electrons. The van der Waals surface area contributed by atoms with Crippen molar-refractivity contribution < 1.29 is 14.3 Å². The summed E-state index contributed by atoms with van der Waals surface area (Å²) in [6.07, 6.45) is 0. The molecular weight excluding hydrogens is 280 g/mol. The summed E-state index contributed by atoms with van der Waals surface area (Å²) in [5.74, 6) is 0.343. The maximum atomic E-state index is 12.6. The van der Waals surface area contributed by atoms with Crippen molar-refractivity contribution in [2.75, 3.05) is 30.5 Å². The van der Waals surface area contributed by atoms with Crippen molar-refractivity contribution in [2.24, 2.45) is 0 Å². The minimum atomic E-state index is -0.138. The van der Waals surface area contributed by atoms with E-state index in [-0.39, 0.29) is 18.4 Å². The number of anilines is 2. The molecule has 0 spiro atoms. The molecular formula is C17H16N2O3. The van der Waals surface area contributed by atoms with Gasteiger partial charge in [-0.15, -0.1) is 0 Å². The molecule has 0 fully saturated rings. The highest BCUT2D eigenvalue weighted by Crippen LogP contribution is 2.32. The number of ether oxygens (including phenoxy) is 1. The summed E-state index contributed by atoms with van der Waals surface area (Å²) in [5.41, 5.74) is 1.93. The third-order valence-corrected chi connectivity index (χ3v) is 3.74. The molecule has 2 aromatic carbocycles. The van der Waals surface area contributed by atoms with Gasteiger partial charge >= 0.3 is 0 Å². The molecule has 0 saturated heterocycles. The van der Waals surface area contributed by atoms with Gasteiger partial charge in [-0.1, -0.05) is 18.2 Å². The monoisotopic (exact) mass is 296 g/mol. The maximum Gasteiger partial charge on any atom is 0.264 e. The second-order valence-corrected chi connectivity index (χ2v) is 5.12. The largest absolute Gasteiger partial charge is 0.482 e. The highest BCUT2D eigenvalue weighted by molar-refractivity contribution is 6.07. The van der Waals surface area contributed by atoms with Gasteiger partial charge in [0.05, 0.1) is 5.69 Å². The molecule has 1 heterocycles. The van der Waals surface area contributed by atoms with Crippen LogP contribution in [0.25, 0.3) is 0 Å². The molecule has 5 nitrogen and oxygen atoms in total. The van der Waals surface area contributed by atoms with E-state index in [1.54, 1.807) is 37.2 Å². The van der Waals surface area contributed by atoms with Gasteiger partial charge in [0.25, 0.3) is 11.8 Å². The summed E-state index contributed by atoms with van der Waals surface area (Å²) >= 11 is 0. The first-order valence-corrected chi connectivity index (χ1v) is 6.94. The summed E-state index contributed by atoms with van der Waals surface area (Å²) in [7, 11) is 3.40. The zero-order valence-corrected chi connectivity index (χ0v) is 12.4. The van der Waals surface area contributed by atoms with E-state index in [1.807, 2.05) is 30.3 Å². The highest BCUT2D eigenvalue weighted by atomic mass is 16.5. The quantitative estimate of drug-likeness (QED) is 0.854. The van der Waals surface area contributed by atoms with Crippen LogP contribution in [-0.4, -0.2) is 32.5 Å². The Labute approximate surface area is 128 Å². The van der Waals surface area contributed by atoms with E-state index in [0.29, 0.717) is 17.0 Å². The van der Waals surface area contributed by atoms with Crippen molar-refractivity contribution in [2.45, 2.75) is 0 Å². The van der Waals surface area contributed by atoms with Gasteiger partial charge in [0.1, 0.15) is 5.75 Å². The Kier molecular flexibility index (Phi) is 3.55. The summed E-state index contributed by atoms with van der Waals surface area (Å²) in [6, 6.07) is 14.5. The standard InChI is InChI=1S/C17H16N2O3/c1-18(13-6-4-3-5-7-13)17(21)12-8-9-15-14(10-12)19(2)16(20)11-22-15/h3-10H,11H2,1-2H3. The van der Waals surface area contributed by atoms with Gasteiger partial charge in [-0.05, 0) is 30.3 Å². The Morgan fingerprint density at radius 2 is 1.91 bits per heavy atom. The molecule has 0 aromatic heterocycles. The minimum Gasteiger partial charge on any atom is -0.482 e. The van der Waals surface area contributed by atoms with Crippen molar-refractivity contribution in [3.8, 4) is 5.75 Å². The molecule has 2 amide bonds. The minimum absolute atomic E-state index is 0.0285. The topological polar surface area (TPSA) is 49.9 Å². The predicted octanol–water partition coefficient (Wildman–Crippen LogP) is 2.32. The highest BCUT2D eigenvalue weighted by Gasteiger charge is 2.24. The summed E-state index contributed by atoms with van der Waals surface area (Å²) in [4.78, 5) is 27.4. The molecule has 0 N–H and O–H groups in total. The lowest BCUT2D eigenvalue weighted by molar-refractivity contribution is -0.120. The zero-order chi connectivity index (χ0) is 15.7. The van der Waals surface area contributed by atoms with Gasteiger partial charge in [-0.2, -0.15) is 0 Å². The Bertz CT molecular complexity index is 728. The van der Waals surface area contributed by atoms with E-state index < -0.39 is 0 Å². The number of hydrogen-bond donors (Lipinski definition) is 0. The molecule has 2 aromatic rings. The molecule has 1 aliphatic heterocycles. The molecule has 5 heteroatoms. The second kappa shape index (κ2) is 5.52. The molecule has 0 unspecified atom stereocenters. The summed E-state index contributed by atoms with van der Waals surface area (Å²) in [6.45, 7) is 0.0285. The van der Waals surface area contributed by atoms with Gasteiger partial charge in [-0.3, -0.25) is 9.59 Å². The van der Waals surface area contributed by atoms with Crippen LogP contribution in [0.4, 0.5) is 11.4 Å². The van der Waals surface area contributed by atoms with Crippen LogP contribution in [0.1, 0.15) is 10.4 Å². The first-order chi connectivity index (χ1) is 10.6. The average molecular weight is 296 g/mol. The molecule has 0 aliphatic carbocycles. The lowest BCUT2D eigenvalue weighted by Gasteiger charge is -2.26. The smallest absolute Gasteiger partial charge is 0.264 e. The number of para-hydroxylation sites is 1. The van der Waals surface area contributed by atoms with Gasteiger partial charge < -0.3 is 14.5 Å². The SMILES string of the molecule is CN(C(=O)c1ccc2c(c1)N(C)C(=O)CO2)c1ccccc1. The van der Waals surface area contributed by atoms with Crippen LogP contribution in [0.5, 0.6) is 5.75 Å². The van der Waals surface area contributed by atoms with Crippen molar-refractivity contribution in [3.05, 3.63) is 54.1 Å². The first kappa shape index (κ1) is 14.1. The van der Waals surface area contributed by atoms with Crippen molar-refractivity contribution in [1.82, 2.24) is 0 Å². The van der Waals surface area contributed by atoms with Gasteiger partial charge in [0.2, 0.25) is 0 Å². The number of carbonyl (C=O) groups excluding carboxylic acids is 2. The van der Waals surface area contributed by atoms with Crippen LogP contribution in [-0.2, 0) is 4.79 Å². The Morgan fingerprint density at radius 1 is 1.18 bits per heavy atom. The number of benzene rings is 2. The number of nitrogens with zero attached hydrogens (tertiary/aromatic N) is 2. The van der Waals surface area contributed by atoms with Crippen molar-refractivity contribution >= 4 is 23.2 Å². The molecule has 0 atom stereocenters. The number of fused-ring (bicyclic) bond motifs is 1. The molecule has 0 radical (unpaired) electrons. The lowest BCUT2D eigenvalue weighted by atomic mass is 10.1. The number of hydrogen-bond acceptors (Lipinski definition) is 3. The van der Waals surface area contributed by atoms with Crippen LogP contribution in [0, 0.1) is 0 Å². The van der Waals surface area contributed by atoms with E-state index in [1.165, 1.54) is 4.90 Å². The number of carbonyl (C=O) groups is 2.